The van der Waals surface area contributed by atoms with Gasteiger partial charge in [-0.15, -0.1) is 0 Å². The number of nitrogens with one attached hydrogen (secondary N) is 2. The van der Waals surface area contributed by atoms with Crippen molar-refractivity contribution < 1.29 is 14.3 Å². The second-order valence-corrected chi connectivity index (χ2v) is 9.71. The topological polar surface area (TPSA) is 79.8 Å². The molecule has 35 heavy (non-hydrogen) atoms. The average Bonchev–Trinajstić information content (AvgIpc) is 2.83. The summed E-state index contributed by atoms with van der Waals surface area (Å²) in [7, 11) is 0. The molecule has 0 bridgehead atoms. The van der Waals surface area contributed by atoms with E-state index in [1.54, 1.807) is 24.3 Å². The Morgan fingerprint density at radius 2 is 1.77 bits per heavy atom. The lowest BCUT2D eigenvalue weighted by atomic mass is 10.0. The first-order valence-corrected chi connectivity index (χ1v) is 12.3. The van der Waals surface area contributed by atoms with E-state index in [1.165, 1.54) is 6.21 Å². The Kier molecular flexibility index (Phi) is 9.72. The van der Waals surface area contributed by atoms with Crippen molar-refractivity contribution in [3.05, 3.63) is 97.9 Å². The number of amides is 2. The molecule has 0 aliphatic rings. The van der Waals surface area contributed by atoms with Crippen LogP contribution in [0.4, 0.5) is 0 Å². The van der Waals surface area contributed by atoms with E-state index in [4.69, 9.17) is 27.9 Å². The fraction of sp³-hybridized carbons (Fsp3) is 0.192. The number of ether oxygens (including phenoxy) is 1. The molecule has 0 saturated carbocycles. The molecule has 0 heterocycles. The van der Waals surface area contributed by atoms with Gasteiger partial charge >= 0.3 is 0 Å². The molecule has 6 nitrogen and oxygen atoms in total. The summed E-state index contributed by atoms with van der Waals surface area (Å²) in [6.07, 6.45) is 1.51. The van der Waals surface area contributed by atoms with Crippen molar-refractivity contribution >= 4 is 57.2 Å². The molecule has 0 aromatic heterocycles. The van der Waals surface area contributed by atoms with Gasteiger partial charge in [-0.05, 0) is 75.4 Å². The number of hydrogen-bond acceptors (Lipinski definition) is 4. The Bertz CT molecular complexity index is 1220. The van der Waals surface area contributed by atoms with Crippen molar-refractivity contribution in [2.45, 2.75) is 26.5 Å². The SMILES string of the molecule is CC(C)C(NC(=O)c1ccccc1Cl)C(=O)NN=Cc1ccc(OCc2ccc(Cl)cc2)c(Br)c1. The smallest absolute Gasteiger partial charge is 0.262 e. The molecular formula is C26H24BrCl2N3O3. The number of carbonyl (C=O) groups excluding carboxylic acids is 2. The quantitative estimate of drug-likeness (QED) is 0.234. The largest absolute Gasteiger partial charge is 0.488 e. The van der Waals surface area contributed by atoms with E-state index in [9.17, 15) is 9.59 Å². The fourth-order valence-corrected chi connectivity index (χ4v) is 3.95. The maximum atomic E-state index is 12.7. The van der Waals surface area contributed by atoms with Gasteiger partial charge in [-0.1, -0.05) is 61.3 Å². The molecule has 3 rings (SSSR count). The van der Waals surface area contributed by atoms with Gasteiger partial charge in [0.15, 0.2) is 0 Å². The summed E-state index contributed by atoms with van der Waals surface area (Å²) in [5, 5.41) is 7.76. The van der Waals surface area contributed by atoms with Crippen LogP contribution in [0.25, 0.3) is 0 Å². The van der Waals surface area contributed by atoms with Crippen molar-refractivity contribution in [3.63, 3.8) is 0 Å². The predicted octanol–water partition coefficient (Wildman–Crippen LogP) is 6.24. The minimum absolute atomic E-state index is 0.164. The third-order valence-electron chi connectivity index (χ3n) is 5.01. The molecule has 3 aromatic carbocycles. The third-order valence-corrected chi connectivity index (χ3v) is 6.21. The Hall–Kier alpha value is -2.87. The lowest BCUT2D eigenvalue weighted by Crippen LogP contribution is -2.48. The number of hydrazone groups is 1. The van der Waals surface area contributed by atoms with E-state index in [0.717, 1.165) is 15.6 Å². The molecule has 0 aliphatic heterocycles. The Labute approximate surface area is 222 Å². The van der Waals surface area contributed by atoms with Gasteiger partial charge in [-0.2, -0.15) is 5.10 Å². The number of benzene rings is 3. The second kappa shape index (κ2) is 12.7. The zero-order valence-electron chi connectivity index (χ0n) is 19.1. The zero-order valence-corrected chi connectivity index (χ0v) is 22.2. The van der Waals surface area contributed by atoms with Gasteiger partial charge < -0.3 is 10.1 Å². The Balaban J connectivity index is 1.58. The van der Waals surface area contributed by atoms with Gasteiger partial charge in [-0.3, -0.25) is 9.59 Å². The van der Waals surface area contributed by atoms with Crippen LogP contribution < -0.4 is 15.5 Å². The minimum Gasteiger partial charge on any atom is -0.488 e. The Morgan fingerprint density at radius 3 is 2.43 bits per heavy atom. The monoisotopic (exact) mass is 575 g/mol. The molecule has 3 aromatic rings. The summed E-state index contributed by atoms with van der Waals surface area (Å²) in [5.74, 6) is -0.351. The van der Waals surface area contributed by atoms with Crippen LogP contribution in [0.5, 0.6) is 5.75 Å². The molecule has 0 saturated heterocycles. The molecule has 1 unspecified atom stereocenters. The summed E-state index contributed by atoms with van der Waals surface area (Å²) in [6.45, 7) is 4.07. The highest BCUT2D eigenvalue weighted by atomic mass is 79.9. The van der Waals surface area contributed by atoms with Crippen molar-refractivity contribution in [1.82, 2.24) is 10.7 Å². The predicted molar refractivity (Wildman–Crippen MR) is 143 cm³/mol. The van der Waals surface area contributed by atoms with Gasteiger partial charge in [0.1, 0.15) is 18.4 Å². The average molecular weight is 577 g/mol. The molecule has 2 amide bonds. The van der Waals surface area contributed by atoms with E-state index in [0.29, 0.717) is 28.0 Å². The normalized spacial score (nSPS) is 11.9. The van der Waals surface area contributed by atoms with Crippen LogP contribution in [0.2, 0.25) is 10.0 Å². The summed E-state index contributed by atoms with van der Waals surface area (Å²) in [6, 6.07) is 18.8. The van der Waals surface area contributed by atoms with E-state index in [-0.39, 0.29) is 5.92 Å². The van der Waals surface area contributed by atoms with E-state index in [1.807, 2.05) is 56.3 Å². The summed E-state index contributed by atoms with van der Waals surface area (Å²) >= 11 is 15.5. The maximum absolute atomic E-state index is 12.7. The molecule has 0 fully saturated rings. The Morgan fingerprint density at radius 1 is 1.06 bits per heavy atom. The second-order valence-electron chi connectivity index (χ2n) is 8.01. The highest BCUT2D eigenvalue weighted by molar-refractivity contribution is 9.10. The lowest BCUT2D eigenvalue weighted by Gasteiger charge is -2.20. The first-order valence-electron chi connectivity index (χ1n) is 10.8. The van der Waals surface area contributed by atoms with Crippen LogP contribution in [-0.2, 0) is 11.4 Å². The molecule has 9 heteroatoms. The molecule has 0 spiro atoms. The summed E-state index contributed by atoms with van der Waals surface area (Å²) in [4.78, 5) is 25.2. The standard InChI is InChI=1S/C26H24BrCl2N3O3/c1-16(2)24(31-25(33)20-5-3-4-6-22(20)29)26(34)32-30-14-18-9-12-23(21(27)13-18)35-15-17-7-10-19(28)11-8-17/h3-14,16,24H,15H2,1-2H3,(H,31,33)(H,32,34). The number of rotatable bonds is 9. The van der Waals surface area contributed by atoms with Gasteiger partial charge in [0.2, 0.25) is 0 Å². The van der Waals surface area contributed by atoms with Crippen molar-refractivity contribution in [2.24, 2.45) is 11.0 Å². The molecule has 2 N–H and O–H groups in total. The van der Waals surface area contributed by atoms with Crippen molar-refractivity contribution in [3.8, 4) is 5.75 Å². The van der Waals surface area contributed by atoms with Crippen LogP contribution in [0.1, 0.15) is 35.3 Å². The van der Waals surface area contributed by atoms with Gasteiger partial charge in [-0.25, -0.2) is 5.43 Å². The molecule has 0 radical (unpaired) electrons. The fourth-order valence-electron chi connectivity index (χ4n) is 3.10. The van der Waals surface area contributed by atoms with Crippen molar-refractivity contribution in [1.29, 1.82) is 0 Å². The van der Waals surface area contributed by atoms with E-state index in [2.05, 4.69) is 31.8 Å². The van der Waals surface area contributed by atoms with Crippen LogP contribution >= 0.6 is 39.1 Å². The van der Waals surface area contributed by atoms with Crippen LogP contribution in [0, 0.1) is 5.92 Å². The zero-order chi connectivity index (χ0) is 25.4. The number of nitrogens with zero attached hydrogens (tertiary/aromatic N) is 1. The van der Waals surface area contributed by atoms with Crippen molar-refractivity contribution in [2.75, 3.05) is 0 Å². The van der Waals surface area contributed by atoms with Crippen LogP contribution in [0.3, 0.4) is 0 Å². The summed E-state index contributed by atoms with van der Waals surface area (Å²) in [5.41, 5.74) is 4.54. The molecule has 0 aliphatic carbocycles. The van der Waals surface area contributed by atoms with Crippen LogP contribution in [-0.4, -0.2) is 24.1 Å². The number of halogens is 3. The molecular weight excluding hydrogens is 553 g/mol. The highest BCUT2D eigenvalue weighted by Crippen LogP contribution is 2.26. The van der Waals surface area contributed by atoms with Gasteiger partial charge in [0.05, 0.1) is 21.3 Å². The molecule has 1 atom stereocenters. The summed E-state index contributed by atoms with van der Waals surface area (Å²) < 4.78 is 6.59. The lowest BCUT2D eigenvalue weighted by molar-refractivity contribution is -0.123. The van der Waals surface area contributed by atoms with E-state index < -0.39 is 17.9 Å². The number of carbonyl (C=O) groups is 2. The van der Waals surface area contributed by atoms with Gasteiger partial charge in [0.25, 0.3) is 11.8 Å². The first-order chi connectivity index (χ1) is 16.7. The maximum Gasteiger partial charge on any atom is 0.262 e. The first kappa shape index (κ1) is 26.7. The highest BCUT2D eigenvalue weighted by Gasteiger charge is 2.25. The van der Waals surface area contributed by atoms with Gasteiger partial charge in [0, 0.05) is 5.02 Å². The van der Waals surface area contributed by atoms with Crippen LogP contribution in [0.15, 0.2) is 76.3 Å². The molecule has 182 valence electrons. The minimum atomic E-state index is -0.786. The number of hydrogen-bond donors (Lipinski definition) is 2. The van der Waals surface area contributed by atoms with E-state index >= 15 is 0 Å². The third kappa shape index (κ3) is 7.82.